The lowest BCUT2D eigenvalue weighted by Gasteiger charge is -2.63. The summed E-state index contributed by atoms with van der Waals surface area (Å²) in [6.45, 7) is 16.2. The van der Waals surface area contributed by atoms with Gasteiger partial charge in [0.1, 0.15) is 0 Å². The second kappa shape index (κ2) is 6.30. The molecule has 26 heavy (non-hydrogen) atoms. The maximum Gasteiger partial charge on any atom is 0.0729 e. The number of allylic oxidation sites excluding steroid dienone is 3. The fourth-order valence-corrected chi connectivity index (χ4v) is 6.85. The van der Waals surface area contributed by atoms with E-state index in [0.29, 0.717) is 17.8 Å². The highest BCUT2D eigenvalue weighted by Gasteiger charge is 2.63. The molecule has 0 N–H and O–H groups in total. The molecule has 0 spiro atoms. The summed E-state index contributed by atoms with van der Waals surface area (Å²) in [5.41, 5.74) is 2.81. The average Bonchev–Trinajstić information content (AvgIpc) is 2.59. The van der Waals surface area contributed by atoms with Crippen molar-refractivity contribution in [2.24, 2.45) is 39.9 Å². The number of fused-ring (bicyclic) bond motifs is 3. The van der Waals surface area contributed by atoms with Gasteiger partial charge in [0.2, 0.25) is 0 Å². The minimum absolute atomic E-state index is 0.0234. The van der Waals surface area contributed by atoms with Gasteiger partial charge in [-0.15, -0.1) is 12.3 Å². The quantitative estimate of drug-likeness (QED) is 0.410. The van der Waals surface area contributed by atoms with Crippen LogP contribution in [0.1, 0.15) is 73.1 Å². The zero-order chi connectivity index (χ0) is 19.3. The molecule has 0 saturated heterocycles. The van der Waals surface area contributed by atoms with Crippen molar-refractivity contribution in [1.29, 1.82) is 5.26 Å². The van der Waals surface area contributed by atoms with Gasteiger partial charge in [-0.25, -0.2) is 0 Å². The first-order valence-electron chi connectivity index (χ1n) is 10.4. The van der Waals surface area contributed by atoms with E-state index >= 15 is 0 Å². The molecule has 0 aromatic heterocycles. The molecule has 0 aliphatic heterocycles. The van der Waals surface area contributed by atoms with Gasteiger partial charge in [0, 0.05) is 11.8 Å². The smallest absolute Gasteiger partial charge is 0.0729 e. The van der Waals surface area contributed by atoms with Gasteiger partial charge in [-0.3, -0.25) is 0 Å². The molecule has 2 saturated carbocycles. The van der Waals surface area contributed by atoms with E-state index in [4.69, 9.17) is 6.42 Å². The molecule has 6 atom stereocenters. The van der Waals surface area contributed by atoms with Gasteiger partial charge in [0.15, 0.2) is 0 Å². The predicted octanol–water partition coefficient (Wildman–Crippen LogP) is 6.53. The molecule has 0 heterocycles. The summed E-state index contributed by atoms with van der Waals surface area (Å²) in [6, 6.07) is 2.85. The maximum absolute atomic E-state index is 10.4. The molecule has 3 rings (SSSR count). The van der Waals surface area contributed by atoms with E-state index in [1.165, 1.54) is 5.57 Å². The second-order valence-electron chi connectivity index (χ2n) is 10.2. The molecular weight excluding hydrogens is 314 g/mol. The van der Waals surface area contributed by atoms with Crippen LogP contribution in [-0.2, 0) is 0 Å². The largest absolute Gasteiger partial charge is 0.198 e. The van der Waals surface area contributed by atoms with Crippen molar-refractivity contribution in [3.63, 3.8) is 0 Å². The molecule has 0 aromatic rings. The van der Waals surface area contributed by atoms with Crippen molar-refractivity contribution in [2.45, 2.75) is 73.1 Å². The SMILES string of the molecule is C#CCCC1C2C(=CCC1(C)C)C1(C)CCC(=C)[C@@H](C)[C@@]1(C#N)C[C@H]2C. The van der Waals surface area contributed by atoms with E-state index in [1.807, 2.05) is 0 Å². The van der Waals surface area contributed by atoms with E-state index in [0.717, 1.165) is 38.5 Å². The zero-order valence-electron chi connectivity index (χ0n) is 17.4. The first-order valence-corrected chi connectivity index (χ1v) is 10.4. The van der Waals surface area contributed by atoms with Crippen LogP contribution in [0.5, 0.6) is 0 Å². The summed E-state index contributed by atoms with van der Waals surface area (Å²) in [4.78, 5) is 0. The Balaban J connectivity index is 2.13. The first kappa shape index (κ1) is 19.3. The fourth-order valence-electron chi connectivity index (χ4n) is 6.85. The summed E-state index contributed by atoms with van der Waals surface area (Å²) in [7, 11) is 0. The van der Waals surface area contributed by atoms with Crippen LogP contribution >= 0.6 is 0 Å². The summed E-state index contributed by atoms with van der Waals surface area (Å²) in [5, 5.41) is 10.4. The molecule has 3 unspecified atom stereocenters. The van der Waals surface area contributed by atoms with Crippen LogP contribution in [0.2, 0.25) is 0 Å². The van der Waals surface area contributed by atoms with E-state index < -0.39 is 0 Å². The zero-order valence-corrected chi connectivity index (χ0v) is 17.4. The van der Waals surface area contributed by atoms with Crippen molar-refractivity contribution in [3.8, 4) is 18.4 Å². The predicted molar refractivity (Wildman–Crippen MR) is 109 cm³/mol. The lowest BCUT2D eigenvalue weighted by atomic mass is 9.39. The van der Waals surface area contributed by atoms with Crippen molar-refractivity contribution >= 4 is 0 Å². The number of hydrogen-bond donors (Lipinski definition) is 0. The van der Waals surface area contributed by atoms with Gasteiger partial charge >= 0.3 is 0 Å². The van der Waals surface area contributed by atoms with Crippen molar-refractivity contribution in [1.82, 2.24) is 0 Å². The summed E-state index contributed by atoms with van der Waals surface area (Å²) < 4.78 is 0. The molecule has 3 aliphatic rings. The van der Waals surface area contributed by atoms with Crippen molar-refractivity contribution < 1.29 is 0 Å². The average molecular weight is 350 g/mol. The van der Waals surface area contributed by atoms with E-state index in [1.54, 1.807) is 5.57 Å². The van der Waals surface area contributed by atoms with Crippen LogP contribution in [0.25, 0.3) is 0 Å². The highest BCUT2D eigenvalue weighted by molar-refractivity contribution is 5.38. The third-order valence-electron chi connectivity index (χ3n) is 8.62. The first-order chi connectivity index (χ1) is 12.1. The Hall–Kier alpha value is -1.47. The summed E-state index contributed by atoms with van der Waals surface area (Å²) >= 11 is 0. The molecule has 0 amide bonds. The monoisotopic (exact) mass is 349 g/mol. The summed E-state index contributed by atoms with van der Waals surface area (Å²) in [6.07, 6.45) is 14.3. The Morgan fingerprint density at radius 1 is 1.31 bits per heavy atom. The highest BCUT2D eigenvalue weighted by Crippen LogP contribution is 2.69. The van der Waals surface area contributed by atoms with E-state index in [2.05, 4.69) is 59.3 Å². The van der Waals surface area contributed by atoms with Crippen LogP contribution in [0.3, 0.4) is 0 Å². The lowest BCUT2D eigenvalue weighted by Crippen LogP contribution is -2.57. The Morgan fingerprint density at radius 3 is 2.62 bits per heavy atom. The van der Waals surface area contributed by atoms with E-state index in [9.17, 15) is 5.26 Å². The molecule has 140 valence electrons. The molecule has 0 aromatic carbocycles. The number of rotatable bonds is 2. The second-order valence-corrected chi connectivity index (χ2v) is 10.2. The Kier molecular flexibility index (Phi) is 4.68. The number of hydrogen-bond acceptors (Lipinski definition) is 1. The van der Waals surface area contributed by atoms with Crippen molar-refractivity contribution in [3.05, 3.63) is 23.8 Å². The molecule has 0 radical (unpaired) electrons. The fraction of sp³-hybridized carbons (Fsp3) is 0.720. The third kappa shape index (κ3) is 2.43. The van der Waals surface area contributed by atoms with Crippen LogP contribution in [0.4, 0.5) is 0 Å². The summed E-state index contributed by atoms with van der Waals surface area (Å²) in [5.74, 6) is 4.85. The van der Waals surface area contributed by atoms with Crippen LogP contribution in [0, 0.1) is 63.6 Å². The van der Waals surface area contributed by atoms with Gasteiger partial charge in [0.05, 0.1) is 11.5 Å². The molecule has 0 bridgehead atoms. The maximum atomic E-state index is 10.4. The van der Waals surface area contributed by atoms with Gasteiger partial charge in [-0.2, -0.15) is 5.26 Å². The van der Waals surface area contributed by atoms with Gasteiger partial charge in [0.25, 0.3) is 0 Å². The minimum atomic E-state index is -0.303. The standard InChI is InChI=1S/C25H35N/c1-8-9-10-20-22-18(3)15-25(16-26)19(4)17(2)11-14-24(25,7)21(22)12-13-23(20,5)6/h1,12,18-20,22H,2,9-11,13-15H2,3-7H3/t18-,19-,20?,22?,24?,25+/m1/s1. The molecule has 1 nitrogen and oxygen atoms in total. The minimum Gasteiger partial charge on any atom is -0.198 e. The topological polar surface area (TPSA) is 23.8 Å². The Bertz CT molecular complexity index is 711. The number of nitrogens with zero attached hydrogens (tertiary/aromatic N) is 1. The van der Waals surface area contributed by atoms with Crippen LogP contribution < -0.4 is 0 Å². The highest BCUT2D eigenvalue weighted by atomic mass is 14.7. The molecule has 3 aliphatic carbocycles. The molecule has 2 fully saturated rings. The number of nitriles is 1. The molecular formula is C25H35N. The van der Waals surface area contributed by atoms with Gasteiger partial charge in [-0.1, -0.05) is 58.4 Å². The Morgan fingerprint density at radius 2 is 2.00 bits per heavy atom. The van der Waals surface area contributed by atoms with Gasteiger partial charge < -0.3 is 0 Å². The Labute approximate surface area is 160 Å². The van der Waals surface area contributed by atoms with Crippen LogP contribution in [0.15, 0.2) is 23.8 Å². The van der Waals surface area contributed by atoms with Crippen LogP contribution in [-0.4, -0.2) is 0 Å². The van der Waals surface area contributed by atoms with Crippen molar-refractivity contribution in [2.75, 3.05) is 0 Å². The number of terminal acetylenes is 1. The van der Waals surface area contributed by atoms with E-state index in [-0.39, 0.29) is 22.2 Å². The normalized spacial score (nSPS) is 44.1. The van der Waals surface area contributed by atoms with Gasteiger partial charge in [-0.05, 0) is 61.2 Å². The third-order valence-corrected chi connectivity index (χ3v) is 8.62. The lowest BCUT2D eigenvalue weighted by molar-refractivity contribution is -0.0453. The molecule has 1 heteroatoms.